The van der Waals surface area contributed by atoms with Gasteiger partial charge in [0.1, 0.15) is 47.0 Å². The van der Waals surface area contributed by atoms with Crippen LogP contribution in [-0.4, -0.2) is 93.2 Å². The number of rotatable bonds is 17. The highest BCUT2D eigenvalue weighted by Gasteiger charge is 2.45. The van der Waals surface area contributed by atoms with E-state index in [2.05, 4.69) is 15.6 Å². The fraction of sp³-hybridized carbons (Fsp3) is 0.375. The Morgan fingerprint density at radius 1 is 0.945 bits per heavy atom. The van der Waals surface area contributed by atoms with E-state index in [-0.39, 0.29) is 48.4 Å². The van der Waals surface area contributed by atoms with Gasteiger partial charge in [0.05, 0.1) is 20.1 Å². The summed E-state index contributed by atoms with van der Waals surface area (Å²) in [6, 6.07) is 15.8. The second-order valence-corrected chi connectivity index (χ2v) is 13.8. The number of aliphatic carboxylic acids is 1. The van der Waals surface area contributed by atoms with Crippen LogP contribution in [0, 0.1) is 11.8 Å². The molecule has 2 heterocycles. The predicted octanol–water partition coefficient (Wildman–Crippen LogP) is 3.71. The Labute approximate surface area is 317 Å². The van der Waals surface area contributed by atoms with Gasteiger partial charge in [-0.15, -0.1) is 0 Å². The number of oxazole rings is 1. The van der Waals surface area contributed by atoms with E-state index in [4.69, 9.17) is 13.9 Å². The summed E-state index contributed by atoms with van der Waals surface area (Å²) in [5.74, 6) is -5.41. The number of methoxy groups -OCH3 is 1. The van der Waals surface area contributed by atoms with Crippen molar-refractivity contribution >= 4 is 46.4 Å². The summed E-state index contributed by atoms with van der Waals surface area (Å²) in [7, 11) is 1.41. The first kappa shape index (κ1) is 39.9. The number of fused-ring (bicyclic) bond motifs is 1. The van der Waals surface area contributed by atoms with Crippen LogP contribution < -0.4 is 20.1 Å². The van der Waals surface area contributed by atoms with Crippen LogP contribution in [0.15, 0.2) is 77.2 Å². The summed E-state index contributed by atoms with van der Waals surface area (Å²) < 4.78 is 17.1. The molecular weight excluding hydrogens is 712 g/mol. The number of ether oxygens (including phenoxy) is 2. The third-order valence-corrected chi connectivity index (χ3v) is 9.27. The lowest BCUT2D eigenvalue weighted by Crippen LogP contribution is -2.57. The zero-order chi connectivity index (χ0) is 39.8. The molecule has 0 aliphatic carbocycles. The number of benzene rings is 3. The number of phenolic OH excluding ortho intramolecular Hbond substituents is 1. The monoisotopic (exact) mass is 756 g/mol. The molecule has 1 aliphatic rings. The number of carbonyl (C=O) groups excluding carboxylic acids is 5. The molecular formula is C40H44N4O11. The van der Waals surface area contributed by atoms with E-state index in [0.717, 1.165) is 0 Å². The molecule has 0 radical (unpaired) electrons. The maximum absolute atomic E-state index is 14.4. The molecule has 1 aromatic heterocycles. The number of carbonyl (C=O) groups is 6. The van der Waals surface area contributed by atoms with Gasteiger partial charge in [-0.05, 0) is 61.2 Å². The Morgan fingerprint density at radius 2 is 1.65 bits per heavy atom. The second kappa shape index (κ2) is 17.7. The van der Waals surface area contributed by atoms with E-state index in [9.17, 15) is 39.0 Å². The minimum absolute atomic E-state index is 0.0207. The SMILES string of the molecule is COc1cccc2nc(C(=O)[C@H](CC(=O)O)NC(=O)[C@@H]3C[C@@H](Oc4ccccc4)CN3C(=O)[C@@H](NC(=O)[C@@H](CC(C)=O)Cc3ccc(O)cc3)C(C)C)oc12. The van der Waals surface area contributed by atoms with Crippen LogP contribution in [0.5, 0.6) is 17.2 Å². The number of nitrogens with zero attached hydrogens (tertiary/aromatic N) is 2. The normalized spacial score (nSPS) is 16.9. The summed E-state index contributed by atoms with van der Waals surface area (Å²) in [6.45, 7) is 4.75. The van der Waals surface area contributed by atoms with Gasteiger partial charge in [-0.25, -0.2) is 4.98 Å². The highest BCUT2D eigenvalue weighted by atomic mass is 16.5. The Morgan fingerprint density at radius 3 is 2.29 bits per heavy atom. The van der Waals surface area contributed by atoms with Crippen molar-refractivity contribution in [2.24, 2.45) is 11.8 Å². The lowest BCUT2D eigenvalue weighted by Gasteiger charge is -2.31. The van der Waals surface area contributed by atoms with Crippen molar-refractivity contribution in [3.05, 3.63) is 84.3 Å². The van der Waals surface area contributed by atoms with Crippen molar-refractivity contribution in [2.45, 2.75) is 70.7 Å². The molecule has 0 unspecified atom stereocenters. The molecule has 1 fully saturated rings. The third-order valence-electron chi connectivity index (χ3n) is 9.27. The topological polar surface area (TPSA) is 215 Å². The predicted molar refractivity (Wildman–Crippen MR) is 197 cm³/mol. The van der Waals surface area contributed by atoms with Gasteiger partial charge in [0.25, 0.3) is 5.89 Å². The summed E-state index contributed by atoms with van der Waals surface area (Å²) in [4.78, 5) is 85.6. The molecule has 0 bridgehead atoms. The van der Waals surface area contributed by atoms with Gasteiger partial charge >= 0.3 is 5.97 Å². The van der Waals surface area contributed by atoms with Crippen molar-refractivity contribution in [3.63, 3.8) is 0 Å². The van der Waals surface area contributed by atoms with Crippen LogP contribution in [0.3, 0.4) is 0 Å². The van der Waals surface area contributed by atoms with E-state index < -0.39 is 77.9 Å². The number of hydrogen-bond donors (Lipinski definition) is 4. The van der Waals surface area contributed by atoms with Crippen molar-refractivity contribution in [1.82, 2.24) is 20.5 Å². The maximum atomic E-state index is 14.4. The fourth-order valence-electron chi connectivity index (χ4n) is 6.54. The lowest BCUT2D eigenvalue weighted by molar-refractivity contribution is -0.143. The van der Waals surface area contributed by atoms with Gasteiger partial charge in [-0.1, -0.05) is 50.2 Å². The average Bonchev–Trinajstić information content (AvgIpc) is 3.78. The minimum Gasteiger partial charge on any atom is -0.508 e. The van der Waals surface area contributed by atoms with Crippen LogP contribution in [0.4, 0.5) is 0 Å². The number of likely N-dealkylation sites (tertiary alicyclic amines) is 1. The highest BCUT2D eigenvalue weighted by Crippen LogP contribution is 2.28. The second-order valence-electron chi connectivity index (χ2n) is 13.8. The maximum Gasteiger partial charge on any atom is 0.305 e. The van der Waals surface area contributed by atoms with Crippen LogP contribution in [-0.2, 0) is 30.4 Å². The van der Waals surface area contributed by atoms with Gasteiger partial charge in [0.15, 0.2) is 11.3 Å². The van der Waals surface area contributed by atoms with Crippen LogP contribution in [0.2, 0.25) is 0 Å². The van der Waals surface area contributed by atoms with E-state index in [1.54, 1.807) is 74.5 Å². The molecule has 55 heavy (non-hydrogen) atoms. The summed E-state index contributed by atoms with van der Waals surface area (Å²) in [6.07, 6.45) is -1.46. The number of carboxylic acid groups (broad SMARTS) is 1. The number of hydrogen-bond acceptors (Lipinski definition) is 11. The fourth-order valence-corrected chi connectivity index (χ4v) is 6.54. The Balaban J connectivity index is 1.40. The van der Waals surface area contributed by atoms with E-state index >= 15 is 0 Å². The quantitative estimate of drug-likeness (QED) is 0.114. The molecule has 3 aromatic carbocycles. The first-order chi connectivity index (χ1) is 26.2. The zero-order valence-corrected chi connectivity index (χ0v) is 30.9. The molecule has 1 saturated heterocycles. The average molecular weight is 757 g/mol. The Hall–Kier alpha value is -6.25. The summed E-state index contributed by atoms with van der Waals surface area (Å²) in [5, 5.41) is 24.7. The van der Waals surface area contributed by atoms with Gasteiger partial charge in [-0.3, -0.25) is 24.0 Å². The summed E-state index contributed by atoms with van der Waals surface area (Å²) in [5.41, 5.74) is 1.15. The number of ketones is 2. The lowest BCUT2D eigenvalue weighted by atomic mass is 9.92. The smallest absolute Gasteiger partial charge is 0.305 e. The van der Waals surface area contributed by atoms with Gasteiger partial charge in [0.2, 0.25) is 23.5 Å². The summed E-state index contributed by atoms with van der Waals surface area (Å²) >= 11 is 0. The van der Waals surface area contributed by atoms with E-state index in [1.807, 2.05) is 0 Å². The molecule has 5 rings (SSSR count). The molecule has 0 spiro atoms. The van der Waals surface area contributed by atoms with Gasteiger partial charge in [0, 0.05) is 18.8 Å². The molecule has 4 aromatic rings. The van der Waals surface area contributed by atoms with Crippen molar-refractivity contribution < 1.29 is 52.9 Å². The van der Waals surface area contributed by atoms with Crippen LogP contribution >= 0.6 is 0 Å². The van der Waals surface area contributed by atoms with Crippen LogP contribution in [0.25, 0.3) is 11.1 Å². The third kappa shape index (κ3) is 10.0. The molecule has 5 atom stereocenters. The van der Waals surface area contributed by atoms with E-state index in [0.29, 0.717) is 17.1 Å². The largest absolute Gasteiger partial charge is 0.508 e. The molecule has 290 valence electrons. The first-order valence-electron chi connectivity index (χ1n) is 17.8. The number of carboxylic acids is 1. The number of aromatic nitrogens is 1. The number of aromatic hydroxyl groups is 1. The van der Waals surface area contributed by atoms with E-state index in [1.165, 1.54) is 31.1 Å². The minimum atomic E-state index is -1.62. The number of phenols is 1. The zero-order valence-electron chi connectivity index (χ0n) is 30.9. The molecule has 3 amide bonds. The standard InChI is InChI=1S/C40H44N4O11/c1-22(2)34(43-37(50)25(17-23(3)45)18-24-13-15-26(46)16-14-24)40(52)44-21-28(54-27-9-6-5-7-10-27)19-31(44)38(51)41-30(20-33(47)48)35(49)39-42-29-11-8-12-32(53-4)36(29)55-39/h5-16,22,25,28,30-31,34,46H,17-21H2,1-4H3,(H,41,51)(H,43,50)(H,47,48)/t25-,28+,30-,31-,34-/m0/s1. The molecule has 1 aliphatic heterocycles. The highest BCUT2D eigenvalue weighted by molar-refractivity contribution is 6.03. The van der Waals surface area contributed by atoms with Crippen LogP contribution in [0.1, 0.15) is 56.3 Å². The first-order valence-corrected chi connectivity index (χ1v) is 17.8. The Kier molecular flexibility index (Phi) is 12.9. The number of para-hydroxylation sites is 2. The van der Waals surface area contributed by atoms with Crippen molar-refractivity contribution in [2.75, 3.05) is 13.7 Å². The number of amides is 3. The van der Waals surface area contributed by atoms with Crippen molar-refractivity contribution in [3.8, 4) is 17.2 Å². The van der Waals surface area contributed by atoms with Gasteiger partial charge < -0.3 is 44.4 Å². The molecule has 15 nitrogen and oxygen atoms in total. The Bertz CT molecular complexity index is 2030. The molecule has 0 saturated carbocycles. The van der Waals surface area contributed by atoms with Gasteiger partial charge in [-0.2, -0.15) is 0 Å². The van der Waals surface area contributed by atoms with Crippen molar-refractivity contribution in [1.29, 1.82) is 0 Å². The number of Topliss-reactive ketones (excluding diaryl/α,β-unsaturated/α-hetero) is 2. The molecule has 15 heteroatoms. The molecule has 4 N–H and O–H groups in total. The number of nitrogens with one attached hydrogen (secondary N) is 2.